The number of rotatable bonds is 5. The van der Waals surface area contributed by atoms with E-state index in [4.69, 9.17) is 10.8 Å². The normalized spacial score (nSPS) is 14.2. The number of nitrogens with two attached hydrogens (primary N) is 1. The van der Waals surface area contributed by atoms with E-state index in [1.165, 1.54) is 0 Å². The first kappa shape index (κ1) is 13.5. The van der Waals surface area contributed by atoms with Crippen molar-refractivity contribution >= 4 is 16.9 Å². The zero-order valence-electron chi connectivity index (χ0n) is 10.9. The summed E-state index contributed by atoms with van der Waals surface area (Å²) in [7, 11) is 0. The van der Waals surface area contributed by atoms with Gasteiger partial charge in [-0.3, -0.25) is 9.78 Å². The Labute approximate surface area is 112 Å². The molecule has 2 rings (SSSR count). The van der Waals surface area contributed by atoms with Gasteiger partial charge < -0.3 is 10.8 Å². The van der Waals surface area contributed by atoms with Gasteiger partial charge in [-0.1, -0.05) is 31.2 Å². The molecule has 19 heavy (non-hydrogen) atoms. The number of nitrogens with zero attached hydrogens (tertiary/aromatic N) is 1. The number of para-hydroxylation sites is 1. The molecule has 100 valence electrons. The van der Waals surface area contributed by atoms with Crippen molar-refractivity contribution in [1.29, 1.82) is 0 Å². The number of pyridine rings is 1. The molecule has 0 saturated carbocycles. The van der Waals surface area contributed by atoms with E-state index in [2.05, 4.69) is 4.98 Å². The molecule has 2 atom stereocenters. The van der Waals surface area contributed by atoms with Gasteiger partial charge in [-0.2, -0.15) is 0 Å². The lowest BCUT2D eigenvalue weighted by Gasteiger charge is -2.22. The summed E-state index contributed by atoms with van der Waals surface area (Å²) in [5, 5.41) is 10.1. The molecular formula is C15H18N2O2. The lowest BCUT2D eigenvalue weighted by molar-refractivity contribution is -0.137. The number of benzene rings is 1. The maximum Gasteiger partial charge on any atom is 0.304 e. The van der Waals surface area contributed by atoms with E-state index in [0.717, 1.165) is 22.9 Å². The number of hydrogen-bond acceptors (Lipinski definition) is 3. The zero-order valence-corrected chi connectivity index (χ0v) is 10.9. The molecule has 4 heteroatoms. The third-order valence-corrected chi connectivity index (χ3v) is 3.45. The highest BCUT2D eigenvalue weighted by molar-refractivity contribution is 5.83. The fourth-order valence-electron chi connectivity index (χ4n) is 2.39. The molecule has 2 unspecified atom stereocenters. The van der Waals surface area contributed by atoms with Crippen molar-refractivity contribution in [2.24, 2.45) is 5.73 Å². The van der Waals surface area contributed by atoms with E-state index in [9.17, 15) is 4.79 Å². The summed E-state index contributed by atoms with van der Waals surface area (Å²) in [5.74, 6) is -1.04. The highest BCUT2D eigenvalue weighted by atomic mass is 16.4. The second-order valence-corrected chi connectivity index (χ2v) is 4.70. The van der Waals surface area contributed by atoms with Crippen LogP contribution in [-0.4, -0.2) is 22.1 Å². The standard InChI is InChI=1S/C15H18N2O2/c1-2-13(16)12(9-14(18)19)11-7-3-5-10-6-4-8-17-15(10)11/h3-8,12-13H,2,9,16H2,1H3,(H,18,19). The lowest BCUT2D eigenvalue weighted by Crippen LogP contribution is -2.29. The van der Waals surface area contributed by atoms with Gasteiger partial charge in [0.15, 0.2) is 0 Å². The van der Waals surface area contributed by atoms with Crippen molar-refractivity contribution in [3.05, 3.63) is 42.1 Å². The lowest BCUT2D eigenvalue weighted by atomic mass is 9.86. The summed E-state index contributed by atoms with van der Waals surface area (Å²) in [6.45, 7) is 1.97. The second-order valence-electron chi connectivity index (χ2n) is 4.70. The molecule has 1 aromatic carbocycles. The highest BCUT2D eigenvalue weighted by Gasteiger charge is 2.23. The van der Waals surface area contributed by atoms with Crippen LogP contribution in [0.2, 0.25) is 0 Å². The zero-order chi connectivity index (χ0) is 13.8. The maximum absolute atomic E-state index is 11.1. The Morgan fingerprint density at radius 2 is 2.11 bits per heavy atom. The van der Waals surface area contributed by atoms with Crippen molar-refractivity contribution in [3.8, 4) is 0 Å². The second kappa shape index (κ2) is 5.80. The molecule has 0 bridgehead atoms. The highest BCUT2D eigenvalue weighted by Crippen LogP contribution is 2.29. The van der Waals surface area contributed by atoms with E-state index in [1.54, 1.807) is 6.20 Å². The Hall–Kier alpha value is -1.94. The summed E-state index contributed by atoms with van der Waals surface area (Å²) in [6, 6.07) is 9.50. The quantitative estimate of drug-likeness (QED) is 0.864. The van der Waals surface area contributed by atoms with Crippen molar-refractivity contribution < 1.29 is 9.90 Å². The average Bonchev–Trinajstić information content (AvgIpc) is 2.43. The van der Waals surface area contributed by atoms with Crippen LogP contribution in [0.4, 0.5) is 0 Å². The molecule has 1 heterocycles. The van der Waals surface area contributed by atoms with Gasteiger partial charge in [0.1, 0.15) is 0 Å². The van der Waals surface area contributed by atoms with Crippen LogP contribution in [0.25, 0.3) is 10.9 Å². The van der Waals surface area contributed by atoms with E-state index in [-0.39, 0.29) is 18.4 Å². The Balaban J connectivity index is 2.52. The topological polar surface area (TPSA) is 76.2 Å². The van der Waals surface area contributed by atoms with Gasteiger partial charge in [0.05, 0.1) is 11.9 Å². The average molecular weight is 258 g/mol. The summed E-state index contributed by atoms with van der Waals surface area (Å²) >= 11 is 0. The monoisotopic (exact) mass is 258 g/mol. The summed E-state index contributed by atoms with van der Waals surface area (Å²) in [4.78, 5) is 15.4. The molecular weight excluding hydrogens is 240 g/mol. The van der Waals surface area contributed by atoms with Crippen molar-refractivity contribution in [1.82, 2.24) is 4.98 Å². The van der Waals surface area contributed by atoms with Crippen LogP contribution >= 0.6 is 0 Å². The Morgan fingerprint density at radius 1 is 1.37 bits per heavy atom. The van der Waals surface area contributed by atoms with Crippen molar-refractivity contribution in [2.45, 2.75) is 31.7 Å². The van der Waals surface area contributed by atoms with Crippen LogP contribution in [0.3, 0.4) is 0 Å². The molecule has 0 saturated heterocycles. The fourth-order valence-corrected chi connectivity index (χ4v) is 2.39. The largest absolute Gasteiger partial charge is 0.481 e. The number of fused-ring (bicyclic) bond motifs is 1. The first-order valence-corrected chi connectivity index (χ1v) is 6.44. The summed E-state index contributed by atoms with van der Waals surface area (Å²) < 4.78 is 0. The summed E-state index contributed by atoms with van der Waals surface area (Å²) in [5.41, 5.74) is 7.87. The van der Waals surface area contributed by atoms with Crippen molar-refractivity contribution in [2.75, 3.05) is 0 Å². The molecule has 0 spiro atoms. The van der Waals surface area contributed by atoms with E-state index < -0.39 is 5.97 Å². The van der Waals surface area contributed by atoms with Gasteiger partial charge >= 0.3 is 5.97 Å². The predicted octanol–water partition coefficient (Wildman–Crippen LogP) is 2.53. The first-order valence-electron chi connectivity index (χ1n) is 6.44. The third-order valence-electron chi connectivity index (χ3n) is 3.45. The number of aliphatic carboxylic acids is 1. The molecule has 0 fully saturated rings. The van der Waals surface area contributed by atoms with E-state index in [1.807, 2.05) is 37.3 Å². The molecule has 4 nitrogen and oxygen atoms in total. The molecule has 0 aliphatic carbocycles. The van der Waals surface area contributed by atoms with Crippen molar-refractivity contribution in [3.63, 3.8) is 0 Å². The smallest absolute Gasteiger partial charge is 0.304 e. The minimum Gasteiger partial charge on any atom is -0.481 e. The molecule has 3 N–H and O–H groups in total. The first-order chi connectivity index (χ1) is 9.13. The third kappa shape index (κ3) is 2.90. The van der Waals surface area contributed by atoms with Crippen LogP contribution < -0.4 is 5.73 Å². The van der Waals surface area contributed by atoms with E-state index >= 15 is 0 Å². The molecule has 0 aliphatic heterocycles. The molecule has 0 amide bonds. The molecule has 0 aliphatic rings. The van der Waals surface area contributed by atoms with Gasteiger partial charge in [0.25, 0.3) is 0 Å². The van der Waals surface area contributed by atoms with Gasteiger partial charge in [-0.25, -0.2) is 0 Å². The van der Waals surface area contributed by atoms with Crippen LogP contribution in [0.1, 0.15) is 31.2 Å². The molecule has 0 radical (unpaired) electrons. The van der Waals surface area contributed by atoms with Gasteiger partial charge in [0.2, 0.25) is 0 Å². The SMILES string of the molecule is CCC(N)C(CC(=O)O)c1cccc2cccnc12. The maximum atomic E-state index is 11.1. The van der Waals surface area contributed by atoms with Gasteiger partial charge in [0, 0.05) is 23.5 Å². The van der Waals surface area contributed by atoms with Crippen LogP contribution in [-0.2, 0) is 4.79 Å². The Bertz CT molecular complexity index is 578. The van der Waals surface area contributed by atoms with Crippen LogP contribution in [0.15, 0.2) is 36.5 Å². The van der Waals surface area contributed by atoms with E-state index in [0.29, 0.717) is 0 Å². The number of aromatic nitrogens is 1. The summed E-state index contributed by atoms with van der Waals surface area (Å²) in [6.07, 6.45) is 2.49. The number of carboxylic acids is 1. The van der Waals surface area contributed by atoms with Crippen LogP contribution in [0.5, 0.6) is 0 Å². The molecule has 2 aromatic rings. The predicted molar refractivity (Wildman–Crippen MR) is 75.0 cm³/mol. The Kier molecular flexibility index (Phi) is 4.12. The Morgan fingerprint density at radius 3 is 2.79 bits per heavy atom. The minimum absolute atomic E-state index is 0.0324. The molecule has 1 aromatic heterocycles. The fraction of sp³-hybridized carbons (Fsp3) is 0.333. The number of carboxylic acid groups (broad SMARTS) is 1. The van der Waals surface area contributed by atoms with Gasteiger partial charge in [-0.15, -0.1) is 0 Å². The van der Waals surface area contributed by atoms with Gasteiger partial charge in [-0.05, 0) is 18.1 Å². The number of hydrogen-bond donors (Lipinski definition) is 2. The number of carbonyl (C=O) groups is 1. The van der Waals surface area contributed by atoms with Crippen LogP contribution in [0, 0.1) is 0 Å². The minimum atomic E-state index is -0.832.